The molecule has 0 radical (unpaired) electrons. The highest BCUT2D eigenvalue weighted by molar-refractivity contribution is 7.80. The first-order chi connectivity index (χ1) is 9.35. The molecule has 0 bridgehead atoms. The van der Waals surface area contributed by atoms with Crippen molar-refractivity contribution in [2.75, 3.05) is 18.2 Å². The van der Waals surface area contributed by atoms with Crippen LogP contribution in [-0.2, 0) is 11.2 Å². The Morgan fingerprint density at radius 1 is 1.35 bits per heavy atom. The van der Waals surface area contributed by atoms with Gasteiger partial charge in [-0.05, 0) is 51.0 Å². The summed E-state index contributed by atoms with van der Waals surface area (Å²) < 4.78 is 10.6. The average molecular weight is 297 g/mol. The number of rotatable bonds is 5. The molecule has 0 heterocycles. The maximum Gasteiger partial charge on any atom is 0.412 e. The number of carbonyl (C=O) groups is 1. The summed E-state index contributed by atoms with van der Waals surface area (Å²) >= 11 is 4.21. The van der Waals surface area contributed by atoms with Crippen molar-refractivity contribution >= 4 is 24.4 Å². The van der Waals surface area contributed by atoms with E-state index in [0.29, 0.717) is 5.69 Å². The molecule has 0 fully saturated rings. The molecule has 1 aromatic rings. The van der Waals surface area contributed by atoms with E-state index >= 15 is 0 Å². The fourth-order valence-electron chi connectivity index (χ4n) is 1.72. The zero-order valence-electron chi connectivity index (χ0n) is 12.5. The number of amides is 1. The summed E-state index contributed by atoms with van der Waals surface area (Å²) in [5.41, 5.74) is 1.25. The van der Waals surface area contributed by atoms with Crippen LogP contribution in [0.5, 0.6) is 5.75 Å². The van der Waals surface area contributed by atoms with E-state index in [4.69, 9.17) is 9.47 Å². The van der Waals surface area contributed by atoms with Crippen molar-refractivity contribution in [3.05, 3.63) is 23.8 Å². The monoisotopic (exact) mass is 297 g/mol. The molecular weight excluding hydrogens is 274 g/mol. The Morgan fingerprint density at radius 3 is 2.60 bits per heavy atom. The van der Waals surface area contributed by atoms with E-state index in [0.717, 1.165) is 29.9 Å². The number of carbonyl (C=O) groups excluding carboxylic acids is 1. The molecule has 5 heteroatoms. The first kappa shape index (κ1) is 16.7. The summed E-state index contributed by atoms with van der Waals surface area (Å²) in [6.07, 6.45) is 1.42. The summed E-state index contributed by atoms with van der Waals surface area (Å²) in [4.78, 5) is 11.7. The number of thiol groups is 1. The maximum atomic E-state index is 11.7. The lowest BCUT2D eigenvalue weighted by Gasteiger charge is -2.20. The zero-order chi connectivity index (χ0) is 15.2. The van der Waals surface area contributed by atoms with E-state index in [9.17, 15) is 4.79 Å². The van der Waals surface area contributed by atoms with E-state index < -0.39 is 11.7 Å². The molecule has 0 saturated carbocycles. The third-order valence-electron chi connectivity index (χ3n) is 2.54. The largest absolute Gasteiger partial charge is 0.496 e. The molecule has 1 amide bonds. The minimum absolute atomic E-state index is 0.470. The number of hydrogen-bond donors (Lipinski definition) is 2. The molecule has 0 aliphatic heterocycles. The summed E-state index contributed by atoms with van der Waals surface area (Å²) in [6.45, 7) is 5.48. The van der Waals surface area contributed by atoms with Gasteiger partial charge in [-0.2, -0.15) is 12.6 Å². The van der Waals surface area contributed by atoms with Gasteiger partial charge in [0.15, 0.2) is 0 Å². The van der Waals surface area contributed by atoms with Gasteiger partial charge >= 0.3 is 6.09 Å². The second kappa shape index (κ2) is 7.43. The molecule has 0 spiro atoms. The van der Waals surface area contributed by atoms with Gasteiger partial charge in [-0.3, -0.25) is 5.32 Å². The first-order valence-electron chi connectivity index (χ1n) is 6.63. The number of methoxy groups -OCH3 is 1. The van der Waals surface area contributed by atoms with Gasteiger partial charge in [0.1, 0.15) is 11.4 Å². The smallest absolute Gasteiger partial charge is 0.412 e. The summed E-state index contributed by atoms with van der Waals surface area (Å²) in [6, 6.07) is 5.60. The lowest BCUT2D eigenvalue weighted by Crippen LogP contribution is -2.27. The zero-order valence-corrected chi connectivity index (χ0v) is 13.4. The molecule has 0 aliphatic carbocycles. The van der Waals surface area contributed by atoms with Crippen LogP contribution < -0.4 is 10.1 Å². The van der Waals surface area contributed by atoms with Crippen molar-refractivity contribution in [3.63, 3.8) is 0 Å². The Hall–Kier alpha value is -1.36. The topological polar surface area (TPSA) is 47.6 Å². The lowest BCUT2D eigenvalue weighted by atomic mass is 10.1. The molecular formula is C15H23NO3S. The van der Waals surface area contributed by atoms with Crippen molar-refractivity contribution in [2.24, 2.45) is 0 Å². The van der Waals surface area contributed by atoms with Gasteiger partial charge < -0.3 is 9.47 Å². The van der Waals surface area contributed by atoms with Gasteiger partial charge in [-0.1, -0.05) is 6.07 Å². The normalized spacial score (nSPS) is 11.1. The van der Waals surface area contributed by atoms with E-state index in [1.54, 1.807) is 13.2 Å². The number of ether oxygens (including phenoxy) is 2. The van der Waals surface area contributed by atoms with Crippen LogP contribution >= 0.6 is 12.6 Å². The first-order valence-corrected chi connectivity index (χ1v) is 7.27. The van der Waals surface area contributed by atoms with Crippen molar-refractivity contribution in [2.45, 2.75) is 39.2 Å². The molecule has 0 unspecified atom stereocenters. The Balaban J connectivity index is 2.75. The van der Waals surface area contributed by atoms with Crippen molar-refractivity contribution < 1.29 is 14.3 Å². The third kappa shape index (κ3) is 5.74. The minimum Gasteiger partial charge on any atom is -0.496 e. The number of nitrogens with one attached hydrogen (secondary N) is 1. The molecule has 1 rings (SSSR count). The molecule has 0 saturated heterocycles. The third-order valence-corrected chi connectivity index (χ3v) is 2.85. The predicted molar refractivity (Wildman–Crippen MR) is 85.0 cm³/mol. The van der Waals surface area contributed by atoms with Gasteiger partial charge in [0.25, 0.3) is 0 Å². The van der Waals surface area contributed by atoms with Crippen LogP contribution in [0.15, 0.2) is 18.2 Å². The van der Waals surface area contributed by atoms with E-state index in [2.05, 4.69) is 17.9 Å². The van der Waals surface area contributed by atoms with Crippen LogP contribution in [0.1, 0.15) is 32.8 Å². The average Bonchev–Trinajstić information content (AvgIpc) is 2.34. The van der Waals surface area contributed by atoms with Crippen LogP contribution in [0.2, 0.25) is 0 Å². The Bertz CT molecular complexity index is 455. The second-order valence-electron chi connectivity index (χ2n) is 5.48. The van der Waals surface area contributed by atoms with E-state index in [1.807, 2.05) is 32.9 Å². The molecule has 0 aliphatic rings. The fraction of sp³-hybridized carbons (Fsp3) is 0.533. The summed E-state index contributed by atoms with van der Waals surface area (Å²) in [7, 11) is 1.62. The number of anilines is 1. The Labute approximate surface area is 126 Å². The van der Waals surface area contributed by atoms with Gasteiger partial charge in [-0.25, -0.2) is 4.79 Å². The Morgan fingerprint density at radius 2 is 2.05 bits per heavy atom. The highest BCUT2D eigenvalue weighted by atomic mass is 32.1. The molecule has 1 aromatic carbocycles. The minimum atomic E-state index is -0.513. The summed E-state index contributed by atoms with van der Waals surface area (Å²) in [5, 5.41) is 2.70. The van der Waals surface area contributed by atoms with Crippen molar-refractivity contribution in [3.8, 4) is 5.75 Å². The highest BCUT2D eigenvalue weighted by Crippen LogP contribution is 2.25. The fourth-order valence-corrected chi connectivity index (χ4v) is 1.88. The summed E-state index contributed by atoms with van der Waals surface area (Å²) in [5.74, 6) is 1.60. The lowest BCUT2D eigenvalue weighted by molar-refractivity contribution is 0.0636. The van der Waals surface area contributed by atoms with Crippen molar-refractivity contribution in [1.82, 2.24) is 0 Å². The van der Waals surface area contributed by atoms with Crippen LogP contribution in [-0.4, -0.2) is 24.6 Å². The standard InChI is InChI=1S/C15H23NO3S/c1-15(2,3)19-14(17)16-12-8-7-11(6-5-9-20)13(10-12)18-4/h7-8,10,20H,5-6,9H2,1-4H3,(H,16,17). The molecule has 4 nitrogen and oxygen atoms in total. The van der Waals surface area contributed by atoms with Gasteiger partial charge in [0.05, 0.1) is 7.11 Å². The predicted octanol–water partition coefficient (Wildman–Crippen LogP) is 3.90. The number of benzene rings is 1. The van der Waals surface area contributed by atoms with Crippen LogP contribution in [0.4, 0.5) is 10.5 Å². The van der Waals surface area contributed by atoms with Crippen LogP contribution in [0.3, 0.4) is 0 Å². The van der Waals surface area contributed by atoms with Gasteiger partial charge in [0.2, 0.25) is 0 Å². The van der Waals surface area contributed by atoms with Crippen LogP contribution in [0.25, 0.3) is 0 Å². The molecule has 20 heavy (non-hydrogen) atoms. The van der Waals surface area contributed by atoms with E-state index in [1.165, 1.54) is 0 Å². The Kier molecular flexibility index (Phi) is 6.20. The maximum absolute atomic E-state index is 11.7. The highest BCUT2D eigenvalue weighted by Gasteiger charge is 2.16. The number of aryl methyl sites for hydroxylation is 1. The second-order valence-corrected chi connectivity index (χ2v) is 5.93. The van der Waals surface area contributed by atoms with Gasteiger partial charge in [0, 0.05) is 11.8 Å². The van der Waals surface area contributed by atoms with E-state index in [-0.39, 0.29) is 0 Å². The molecule has 0 atom stereocenters. The van der Waals surface area contributed by atoms with Gasteiger partial charge in [-0.15, -0.1) is 0 Å². The quantitative estimate of drug-likeness (QED) is 0.810. The van der Waals surface area contributed by atoms with Crippen LogP contribution in [0, 0.1) is 0 Å². The molecule has 0 aromatic heterocycles. The molecule has 1 N–H and O–H groups in total. The SMILES string of the molecule is COc1cc(NC(=O)OC(C)(C)C)ccc1CCCS. The van der Waals surface area contributed by atoms with Crippen molar-refractivity contribution in [1.29, 1.82) is 0 Å². The molecule has 112 valence electrons. The number of hydrogen-bond acceptors (Lipinski definition) is 4.